The number of Topliss-reactive ketones (excluding diaryl/α,β-unsaturated/α-hetero) is 1. The molecule has 90 valence electrons. The molecule has 0 fully saturated rings. The molecule has 0 atom stereocenters. The highest BCUT2D eigenvalue weighted by atomic mass is 35.5. The van der Waals surface area contributed by atoms with Crippen LogP contribution in [0.4, 0.5) is 5.69 Å². The van der Waals surface area contributed by atoms with Crippen LogP contribution >= 0.6 is 23.4 Å². The number of carbonyl (C=O) groups is 2. The first kappa shape index (κ1) is 12.5. The van der Waals surface area contributed by atoms with Gasteiger partial charge in [-0.1, -0.05) is 17.7 Å². The third-order valence-corrected chi connectivity index (χ3v) is 3.67. The number of para-hydroxylation sites is 1. The first-order chi connectivity index (χ1) is 8.16. The lowest BCUT2D eigenvalue weighted by atomic mass is 10.1. The number of nitrogens with zero attached hydrogens (tertiary/aromatic N) is 1. The lowest BCUT2D eigenvalue weighted by Crippen LogP contribution is -2.31. The molecule has 1 amide bonds. The molecule has 0 spiro atoms. The maximum absolute atomic E-state index is 11.8. The molecule has 1 aliphatic rings. The van der Waals surface area contributed by atoms with Gasteiger partial charge in [-0.3, -0.25) is 9.59 Å². The number of amides is 1. The molecule has 1 aromatic rings. The molecule has 0 N–H and O–H groups in total. The fourth-order valence-corrected chi connectivity index (χ4v) is 2.59. The van der Waals surface area contributed by atoms with Gasteiger partial charge in [0.05, 0.1) is 16.3 Å². The molecule has 0 saturated heterocycles. The van der Waals surface area contributed by atoms with Crippen molar-refractivity contribution < 1.29 is 9.59 Å². The number of fused-ring (bicyclic) bond motifs is 1. The average molecular weight is 270 g/mol. The second-order valence-electron chi connectivity index (χ2n) is 3.77. The van der Waals surface area contributed by atoms with Crippen molar-refractivity contribution in [1.82, 2.24) is 0 Å². The summed E-state index contributed by atoms with van der Waals surface area (Å²) in [5.41, 5.74) is 0.997. The number of ketones is 1. The number of anilines is 1. The number of benzene rings is 1. The first-order valence-corrected chi connectivity index (χ1v) is 7.07. The minimum atomic E-state index is -0.464. The Balaban J connectivity index is 2.30. The molecule has 2 rings (SSSR count). The predicted octanol–water partition coefficient (Wildman–Crippen LogP) is 2.62. The van der Waals surface area contributed by atoms with Gasteiger partial charge in [-0.2, -0.15) is 11.8 Å². The van der Waals surface area contributed by atoms with Crippen molar-refractivity contribution in [2.45, 2.75) is 6.42 Å². The van der Waals surface area contributed by atoms with E-state index in [0.717, 1.165) is 12.2 Å². The van der Waals surface area contributed by atoms with Crippen molar-refractivity contribution in [1.29, 1.82) is 0 Å². The van der Waals surface area contributed by atoms with Crippen molar-refractivity contribution in [2.24, 2.45) is 0 Å². The van der Waals surface area contributed by atoms with Crippen LogP contribution in [0.1, 0.15) is 16.8 Å². The Bertz CT molecular complexity index is 476. The number of thioether (sulfide) groups is 1. The molecule has 0 aliphatic carbocycles. The van der Waals surface area contributed by atoms with Gasteiger partial charge >= 0.3 is 0 Å². The number of hydrogen-bond acceptors (Lipinski definition) is 3. The van der Waals surface area contributed by atoms with E-state index in [1.54, 1.807) is 30.0 Å². The van der Waals surface area contributed by atoms with Gasteiger partial charge in [-0.05, 0) is 30.6 Å². The molecule has 0 unspecified atom stereocenters. The van der Waals surface area contributed by atoms with E-state index in [1.165, 1.54) is 4.90 Å². The molecule has 0 saturated carbocycles. The van der Waals surface area contributed by atoms with Crippen LogP contribution in [0, 0.1) is 0 Å². The zero-order valence-corrected chi connectivity index (χ0v) is 11.0. The molecular weight excluding hydrogens is 258 g/mol. The Hall–Kier alpha value is -1.00. The first-order valence-electron chi connectivity index (χ1n) is 5.30. The number of rotatable bonds is 4. The summed E-state index contributed by atoms with van der Waals surface area (Å²) < 4.78 is 0. The molecule has 17 heavy (non-hydrogen) atoms. The van der Waals surface area contributed by atoms with Crippen LogP contribution in [0.25, 0.3) is 0 Å². The number of hydrogen-bond donors (Lipinski definition) is 0. The number of carbonyl (C=O) groups excluding carboxylic acids is 2. The summed E-state index contributed by atoms with van der Waals surface area (Å²) in [4.78, 5) is 25.1. The van der Waals surface area contributed by atoms with E-state index in [2.05, 4.69) is 0 Å². The van der Waals surface area contributed by atoms with Crippen LogP contribution in [0.2, 0.25) is 5.02 Å². The van der Waals surface area contributed by atoms with Crippen molar-refractivity contribution in [3.8, 4) is 0 Å². The minimum absolute atomic E-state index is 0.423. The summed E-state index contributed by atoms with van der Waals surface area (Å²) in [6.45, 7) is 0.544. The minimum Gasteiger partial charge on any atom is -0.303 e. The molecule has 5 heteroatoms. The third-order valence-electron chi connectivity index (χ3n) is 2.67. The quantitative estimate of drug-likeness (QED) is 0.623. The fourth-order valence-electron chi connectivity index (χ4n) is 1.89. The van der Waals surface area contributed by atoms with Crippen LogP contribution in [0.5, 0.6) is 0 Å². The van der Waals surface area contributed by atoms with Crippen LogP contribution in [0.3, 0.4) is 0 Å². The summed E-state index contributed by atoms with van der Waals surface area (Å²) >= 11 is 7.77. The van der Waals surface area contributed by atoms with Gasteiger partial charge in [0.25, 0.3) is 11.7 Å². The van der Waals surface area contributed by atoms with Gasteiger partial charge in [0, 0.05) is 6.54 Å². The predicted molar refractivity (Wildman–Crippen MR) is 71.1 cm³/mol. The van der Waals surface area contributed by atoms with Crippen LogP contribution in [0.15, 0.2) is 18.2 Å². The highest BCUT2D eigenvalue weighted by molar-refractivity contribution is 7.98. The van der Waals surface area contributed by atoms with Crippen LogP contribution in [-0.2, 0) is 4.79 Å². The monoisotopic (exact) mass is 269 g/mol. The zero-order chi connectivity index (χ0) is 12.4. The standard InChI is InChI=1S/C12H12ClNO2S/c1-17-7-3-6-14-10-8(11(15)12(14)16)4-2-5-9(10)13/h2,4-5H,3,6-7H2,1H3. The fraction of sp³-hybridized carbons (Fsp3) is 0.333. The Morgan fingerprint density at radius 1 is 1.35 bits per heavy atom. The van der Waals surface area contributed by atoms with Gasteiger partial charge in [0.15, 0.2) is 0 Å². The van der Waals surface area contributed by atoms with Gasteiger partial charge in [-0.25, -0.2) is 0 Å². The summed E-state index contributed by atoms with van der Waals surface area (Å²) in [6.07, 6.45) is 2.86. The average Bonchev–Trinajstić information content (AvgIpc) is 2.56. The summed E-state index contributed by atoms with van der Waals surface area (Å²) in [6, 6.07) is 5.04. The maximum atomic E-state index is 11.8. The SMILES string of the molecule is CSCCCN1C(=O)C(=O)c2cccc(Cl)c21. The van der Waals surface area contributed by atoms with E-state index < -0.39 is 11.7 Å². The van der Waals surface area contributed by atoms with Gasteiger partial charge in [-0.15, -0.1) is 0 Å². The van der Waals surface area contributed by atoms with Gasteiger partial charge in [0.2, 0.25) is 0 Å². The molecule has 1 aliphatic heterocycles. The van der Waals surface area contributed by atoms with Crippen molar-refractivity contribution in [3.05, 3.63) is 28.8 Å². The summed E-state index contributed by atoms with van der Waals surface area (Å²) in [5, 5.41) is 0.464. The third kappa shape index (κ3) is 2.19. The molecule has 3 nitrogen and oxygen atoms in total. The van der Waals surface area contributed by atoms with Gasteiger partial charge in [0.1, 0.15) is 0 Å². The van der Waals surface area contributed by atoms with Crippen molar-refractivity contribution in [3.63, 3.8) is 0 Å². The van der Waals surface area contributed by atoms with Crippen LogP contribution in [-0.4, -0.2) is 30.2 Å². The van der Waals surface area contributed by atoms with E-state index in [1.807, 2.05) is 6.26 Å². The van der Waals surface area contributed by atoms with E-state index in [-0.39, 0.29) is 0 Å². The Labute approximate surface area is 109 Å². The molecule has 0 aromatic heterocycles. The largest absolute Gasteiger partial charge is 0.303 e. The highest BCUT2D eigenvalue weighted by Crippen LogP contribution is 2.35. The van der Waals surface area contributed by atoms with E-state index in [0.29, 0.717) is 22.8 Å². The Kier molecular flexibility index (Phi) is 3.74. The normalized spacial score (nSPS) is 14.4. The van der Waals surface area contributed by atoms with Crippen LogP contribution < -0.4 is 4.90 Å². The molecular formula is C12H12ClNO2S. The molecule has 1 aromatic carbocycles. The smallest absolute Gasteiger partial charge is 0.299 e. The molecule has 0 bridgehead atoms. The summed E-state index contributed by atoms with van der Waals surface area (Å²) in [5.74, 6) is 0.0402. The lowest BCUT2D eigenvalue weighted by Gasteiger charge is -2.17. The van der Waals surface area contributed by atoms with E-state index >= 15 is 0 Å². The number of halogens is 1. The zero-order valence-electron chi connectivity index (χ0n) is 9.40. The highest BCUT2D eigenvalue weighted by Gasteiger charge is 2.36. The Morgan fingerprint density at radius 3 is 2.82 bits per heavy atom. The van der Waals surface area contributed by atoms with E-state index in [4.69, 9.17) is 11.6 Å². The summed E-state index contributed by atoms with van der Waals surface area (Å²) in [7, 11) is 0. The van der Waals surface area contributed by atoms with Gasteiger partial charge < -0.3 is 4.90 Å². The molecule has 1 heterocycles. The Morgan fingerprint density at radius 2 is 2.12 bits per heavy atom. The topological polar surface area (TPSA) is 37.4 Å². The van der Waals surface area contributed by atoms with Crippen molar-refractivity contribution in [2.75, 3.05) is 23.5 Å². The maximum Gasteiger partial charge on any atom is 0.299 e. The second kappa shape index (κ2) is 5.10. The van der Waals surface area contributed by atoms with E-state index in [9.17, 15) is 9.59 Å². The lowest BCUT2D eigenvalue weighted by molar-refractivity contribution is -0.114. The molecule has 0 radical (unpaired) electrons. The second-order valence-corrected chi connectivity index (χ2v) is 5.16. The van der Waals surface area contributed by atoms with Crippen molar-refractivity contribution >= 4 is 40.7 Å².